The number of hydrogen-bond donors (Lipinski definition) is 2. The molecule has 5 nitrogen and oxygen atoms in total. The van der Waals surface area contributed by atoms with Gasteiger partial charge in [-0.15, -0.1) is 0 Å². The lowest BCUT2D eigenvalue weighted by atomic mass is 10.2. The zero-order valence-electron chi connectivity index (χ0n) is 9.93. The molecule has 2 N–H and O–H groups in total. The summed E-state index contributed by atoms with van der Waals surface area (Å²) < 4.78 is 5.07. The van der Waals surface area contributed by atoms with Crippen LogP contribution in [0, 0.1) is 0 Å². The van der Waals surface area contributed by atoms with Crippen LogP contribution in [0.2, 0.25) is 0 Å². The second kappa shape index (κ2) is 6.44. The third-order valence-electron chi connectivity index (χ3n) is 2.40. The number of ether oxygens (including phenoxy) is 1. The number of hydrogen-bond acceptors (Lipinski definition) is 3. The largest absolute Gasteiger partial charge is 0.445 e. The molecule has 1 aromatic carbocycles. The fourth-order valence-corrected chi connectivity index (χ4v) is 1.49. The number of nitrogens with zero attached hydrogens (tertiary/aromatic N) is 1. The van der Waals surface area contributed by atoms with Gasteiger partial charge in [0.2, 0.25) is 0 Å². The number of nitrogens with one attached hydrogen (secondary N) is 2. The minimum Gasteiger partial charge on any atom is -0.445 e. The van der Waals surface area contributed by atoms with Crippen molar-refractivity contribution in [1.82, 2.24) is 15.3 Å². The van der Waals surface area contributed by atoms with Crippen LogP contribution in [0.15, 0.2) is 42.7 Å². The third-order valence-corrected chi connectivity index (χ3v) is 2.40. The Kier molecular flexibility index (Phi) is 4.35. The van der Waals surface area contributed by atoms with Gasteiger partial charge in [-0.05, 0) is 5.56 Å². The molecule has 0 atom stereocenters. The lowest BCUT2D eigenvalue weighted by Crippen LogP contribution is -2.26. The predicted molar refractivity (Wildman–Crippen MR) is 66.9 cm³/mol. The molecule has 0 radical (unpaired) electrons. The van der Waals surface area contributed by atoms with Gasteiger partial charge in [-0.2, -0.15) is 0 Å². The summed E-state index contributed by atoms with van der Waals surface area (Å²) in [4.78, 5) is 18.4. The maximum absolute atomic E-state index is 11.4. The summed E-state index contributed by atoms with van der Waals surface area (Å²) in [6.07, 6.45) is 3.69. The van der Waals surface area contributed by atoms with Gasteiger partial charge in [0, 0.05) is 25.4 Å². The van der Waals surface area contributed by atoms with Crippen molar-refractivity contribution < 1.29 is 9.53 Å². The van der Waals surface area contributed by atoms with Gasteiger partial charge in [0.15, 0.2) is 0 Å². The van der Waals surface area contributed by atoms with E-state index >= 15 is 0 Å². The second-order valence-corrected chi connectivity index (χ2v) is 3.77. The molecule has 1 heterocycles. The molecule has 1 amide bonds. The van der Waals surface area contributed by atoms with Crippen LogP contribution in [-0.4, -0.2) is 22.6 Å². The first-order valence-corrected chi connectivity index (χ1v) is 5.77. The van der Waals surface area contributed by atoms with Crippen molar-refractivity contribution in [3.8, 4) is 0 Å². The number of aromatic amines is 1. The molecule has 0 saturated heterocycles. The molecule has 0 unspecified atom stereocenters. The summed E-state index contributed by atoms with van der Waals surface area (Å²) in [6.45, 7) is 0.786. The molecule has 2 aromatic rings. The van der Waals surface area contributed by atoms with E-state index in [9.17, 15) is 4.79 Å². The van der Waals surface area contributed by atoms with Crippen LogP contribution in [-0.2, 0) is 17.8 Å². The van der Waals surface area contributed by atoms with Crippen LogP contribution < -0.4 is 5.32 Å². The highest BCUT2D eigenvalue weighted by molar-refractivity contribution is 5.67. The Hall–Kier alpha value is -2.30. The number of benzene rings is 1. The Morgan fingerprint density at radius 3 is 2.89 bits per heavy atom. The summed E-state index contributed by atoms with van der Waals surface area (Å²) in [6, 6.07) is 9.57. The highest BCUT2D eigenvalue weighted by atomic mass is 16.5. The Labute approximate surface area is 105 Å². The second-order valence-electron chi connectivity index (χ2n) is 3.77. The van der Waals surface area contributed by atoms with Crippen molar-refractivity contribution >= 4 is 6.09 Å². The minimum atomic E-state index is -0.412. The van der Waals surface area contributed by atoms with Crippen molar-refractivity contribution in [3.63, 3.8) is 0 Å². The first-order chi connectivity index (χ1) is 8.84. The highest BCUT2D eigenvalue weighted by Crippen LogP contribution is 2.00. The van der Waals surface area contributed by atoms with Crippen LogP contribution in [0.3, 0.4) is 0 Å². The number of H-pyrrole nitrogens is 1. The lowest BCUT2D eigenvalue weighted by Gasteiger charge is -2.06. The molecule has 5 heteroatoms. The molecule has 0 aliphatic carbocycles. The zero-order valence-corrected chi connectivity index (χ0v) is 9.93. The van der Waals surface area contributed by atoms with Gasteiger partial charge in [-0.3, -0.25) is 0 Å². The summed E-state index contributed by atoms with van der Waals surface area (Å²) in [5.41, 5.74) is 0.971. The van der Waals surface area contributed by atoms with E-state index in [-0.39, 0.29) is 6.61 Å². The molecule has 0 aliphatic heterocycles. The molecule has 2 rings (SSSR count). The molecule has 0 aliphatic rings. The summed E-state index contributed by atoms with van der Waals surface area (Å²) in [5.74, 6) is 0.846. The number of alkyl carbamates (subject to hydrolysis) is 1. The Balaban J connectivity index is 1.63. The average molecular weight is 245 g/mol. The lowest BCUT2D eigenvalue weighted by molar-refractivity contribution is 0.140. The van der Waals surface area contributed by atoms with Crippen molar-refractivity contribution in [3.05, 3.63) is 54.1 Å². The van der Waals surface area contributed by atoms with Crippen LogP contribution in [0.5, 0.6) is 0 Å². The van der Waals surface area contributed by atoms with Gasteiger partial charge in [-0.1, -0.05) is 30.3 Å². The summed E-state index contributed by atoms with van der Waals surface area (Å²) in [5, 5.41) is 2.67. The Morgan fingerprint density at radius 1 is 1.33 bits per heavy atom. The smallest absolute Gasteiger partial charge is 0.407 e. The molecule has 18 heavy (non-hydrogen) atoms. The molecular formula is C13H15N3O2. The number of carbonyl (C=O) groups excluding carboxylic acids is 1. The van der Waals surface area contributed by atoms with Crippen LogP contribution >= 0.6 is 0 Å². The fourth-order valence-electron chi connectivity index (χ4n) is 1.49. The SMILES string of the molecule is O=C(NCCc1ncc[nH]1)OCc1ccccc1. The van der Waals surface area contributed by atoms with Crippen molar-refractivity contribution in [2.75, 3.05) is 6.54 Å². The summed E-state index contributed by atoms with van der Waals surface area (Å²) >= 11 is 0. The standard InChI is InChI=1S/C13H15N3O2/c17-13(16-7-6-12-14-8-9-15-12)18-10-11-4-2-1-3-5-11/h1-5,8-9H,6-7,10H2,(H,14,15)(H,16,17). The molecule has 0 spiro atoms. The van der Waals surface area contributed by atoms with Crippen molar-refractivity contribution in [1.29, 1.82) is 0 Å². The summed E-state index contributed by atoms with van der Waals surface area (Å²) in [7, 11) is 0. The zero-order chi connectivity index (χ0) is 12.6. The maximum Gasteiger partial charge on any atom is 0.407 e. The number of aromatic nitrogens is 2. The van der Waals surface area contributed by atoms with E-state index in [4.69, 9.17) is 4.74 Å². The quantitative estimate of drug-likeness (QED) is 0.845. The first kappa shape index (κ1) is 12.2. The van der Waals surface area contributed by atoms with E-state index < -0.39 is 6.09 Å². The molecule has 0 saturated carbocycles. The van der Waals surface area contributed by atoms with Gasteiger partial charge in [0.25, 0.3) is 0 Å². The number of amides is 1. The van der Waals surface area contributed by atoms with E-state index in [0.717, 1.165) is 11.4 Å². The normalized spacial score (nSPS) is 10.0. The fraction of sp³-hybridized carbons (Fsp3) is 0.231. The maximum atomic E-state index is 11.4. The Bertz CT molecular complexity index is 468. The van der Waals surface area contributed by atoms with Gasteiger partial charge in [0.1, 0.15) is 12.4 Å². The van der Waals surface area contributed by atoms with E-state index in [2.05, 4.69) is 15.3 Å². The molecular weight excluding hydrogens is 230 g/mol. The minimum absolute atomic E-state index is 0.285. The van der Waals surface area contributed by atoms with Crippen molar-refractivity contribution in [2.45, 2.75) is 13.0 Å². The monoisotopic (exact) mass is 245 g/mol. The predicted octanol–water partition coefficient (Wildman–Crippen LogP) is 1.88. The number of rotatable bonds is 5. The molecule has 94 valence electrons. The number of carbonyl (C=O) groups is 1. The topological polar surface area (TPSA) is 67.0 Å². The van der Waals surface area contributed by atoms with E-state index in [1.54, 1.807) is 12.4 Å². The average Bonchev–Trinajstić information content (AvgIpc) is 2.91. The van der Waals surface area contributed by atoms with Gasteiger partial charge in [-0.25, -0.2) is 9.78 Å². The third kappa shape index (κ3) is 3.93. The van der Waals surface area contributed by atoms with E-state index in [1.165, 1.54) is 0 Å². The molecule has 0 fully saturated rings. The number of imidazole rings is 1. The van der Waals surface area contributed by atoms with E-state index in [1.807, 2.05) is 30.3 Å². The van der Waals surface area contributed by atoms with E-state index in [0.29, 0.717) is 13.0 Å². The molecule has 1 aromatic heterocycles. The first-order valence-electron chi connectivity index (χ1n) is 5.77. The van der Waals surface area contributed by atoms with Gasteiger partial charge >= 0.3 is 6.09 Å². The van der Waals surface area contributed by atoms with Gasteiger partial charge < -0.3 is 15.0 Å². The van der Waals surface area contributed by atoms with Crippen LogP contribution in [0.1, 0.15) is 11.4 Å². The van der Waals surface area contributed by atoms with Crippen molar-refractivity contribution in [2.24, 2.45) is 0 Å². The van der Waals surface area contributed by atoms with Crippen LogP contribution in [0.4, 0.5) is 4.79 Å². The van der Waals surface area contributed by atoms with Gasteiger partial charge in [0.05, 0.1) is 0 Å². The highest BCUT2D eigenvalue weighted by Gasteiger charge is 2.02. The Morgan fingerprint density at radius 2 is 2.17 bits per heavy atom. The molecule has 0 bridgehead atoms. The van der Waals surface area contributed by atoms with Crippen LogP contribution in [0.25, 0.3) is 0 Å².